The fourth-order valence-electron chi connectivity index (χ4n) is 10.9. The lowest BCUT2D eigenvalue weighted by molar-refractivity contribution is -0.397. The smallest absolute Gasteiger partial charge is 0.187 e. The van der Waals surface area contributed by atoms with Gasteiger partial charge >= 0.3 is 0 Å². The topological polar surface area (TPSA) is 523 Å². The molecule has 0 aliphatic carbocycles. The lowest BCUT2D eigenvalue weighted by Gasteiger charge is -2.50. The lowest BCUT2D eigenvalue weighted by Crippen LogP contribution is -2.68. The van der Waals surface area contributed by atoms with Crippen LogP contribution < -0.4 is 0 Å². The zero-order valence-electron chi connectivity index (χ0n) is 43.4. The van der Waals surface area contributed by atoms with Crippen LogP contribution in [0.2, 0.25) is 0 Å². The molecule has 21 saturated heterocycles. The molecule has 21 aliphatic rings. The highest BCUT2D eigenvalue weighted by atomic mass is 16.8. The third-order valence-electron chi connectivity index (χ3n) is 15.4. The summed E-state index contributed by atoms with van der Waals surface area (Å²) < 4.78 is 87.2. The SMILES string of the molecule is CCC1OC2OC3C(CO)OC(OC4C(CO)OC(OC5C(COC(C)C)OC(OC6C(CO)OC(OC7C(CO)OC(OC8C(CO)OC(OC1C(O)C2O)C(O)C8O)C(O)C7O)C(O)C6O)C(O)C5O)C(O)C4O)C(O)C3O. The highest BCUT2D eigenvalue weighted by Crippen LogP contribution is 2.39. The first-order chi connectivity index (χ1) is 38.0. The Morgan fingerprint density at radius 2 is 0.438 bits per heavy atom. The van der Waals surface area contributed by atoms with Crippen LogP contribution in [0.3, 0.4) is 0 Å². The Labute approximate surface area is 455 Å². The molecular weight excluding hydrogens is 1100 g/mol. The van der Waals surface area contributed by atoms with Crippen LogP contribution in [0.15, 0.2) is 0 Å². The monoisotopic (exact) mass is 1170 g/mol. The van der Waals surface area contributed by atoms with Crippen molar-refractivity contribution in [3.63, 3.8) is 0 Å². The van der Waals surface area contributed by atoms with Gasteiger partial charge in [0.1, 0.15) is 165 Å². The minimum atomic E-state index is -2.17. The third-order valence-corrected chi connectivity index (χ3v) is 15.4. The second-order valence-corrected chi connectivity index (χ2v) is 21.1. The number of aliphatic hydroxyl groups is 19. The highest BCUT2D eigenvalue weighted by molar-refractivity contribution is 5.02. The molecule has 21 aliphatic heterocycles. The van der Waals surface area contributed by atoms with E-state index in [2.05, 4.69) is 0 Å². The molecule has 0 aromatic heterocycles. The Bertz CT molecular complexity index is 1880. The van der Waals surface area contributed by atoms with E-state index >= 15 is 0 Å². The quantitative estimate of drug-likeness (QED) is 0.102. The molecule has 466 valence electrons. The summed E-state index contributed by atoms with van der Waals surface area (Å²) in [6.45, 7) is -0.668. The van der Waals surface area contributed by atoms with Gasteiger partial charge in [-0.1, -0.05) is 6.92 Å². The van der Waals surface area contributed by atoms with Crippen molar-refractivity contribution in [2.75, 3.05) is 39.6 Å². The molecule has 21 heterocycles. The molecule has 34 heteroatoms. The summed E-state index contributed by atoms with van der Waals surface area (Å²) in [4.78, 5) is 0. The molecular formula is C46H78O34. The minimum absolute atomic E-state index is 0.0417. The van der Waals surface area contributed by atoms with Crippen molar-refractivity contribution in [1.82, 2.24) is 0 Å². The van der Waals surface area contributed by atoms with Crippen LogP contribution >= 0.6 is 0 Å². The van der Waals surface area contributed by atoms with Gasteiger partial charge in [-0.25, -0.2) is 0 Å². The Hall–Kier alpha value is -1.36. The largest absolute Gasteiger partial charge is 0.394 e. The Morgan fingerprint density at radius 1 is 0.263 bits per heavy atom. The second kappa shape index (κ2) is 27.6. The van der Waals surface area contributed by atoms with E-state index in [1.54, 1.807) is 20.8 Å². The van der Waals surface area contributed by atoms with Crippen molar-refractivity contribution in [2.45, 2.75) is 248 Å². The summed E-state index contributed by atoms with van der Waals surface area (Å²) >= 11 is 0. The van der Waals surface area contributed by atoms with Crippen LogP contribution in [0.1, 0.15) is 27.2 Å². The van der Waals surface area contributed by atoms with Crippen molar-refractivity contribution in [3.8, 4) is 0 Å². The van der Waals surface area contributed by atoms with E-state index in [1.165, 1.54) is 0 Å². The van der Waals surface area contributed by atoms with Crippen LogP contribution in [-0.4, -0.2) is 358 Å². The van der Waals surface area contributed by atoms with E-state index in [0.717, 1.165) is 0 Å². The maximum atomic E-state index is 11.6. The van der Waals surface area contributed by atoms with Gasteiger partial charge in [0.05, 0.1) is 51.8 Å². The van der Waals surface area contributed by atoms with Crippen molar-refractivity contribution in [3.05, 3.63) is 0 Å². The molecule has 0 spiro atoms. The minimum Gasteiger partial charge on any atom is -0.394 e. The van der Waals surface area contributed by atoms with E-state index < -0.39 is 261 Å². The van der Waals surface area contributed by atoms with E-state index in [9.17, 15) is 97.0 Å². The molecule has 21 fully saturated rings. The van der Waals surface area contributed by atoms with Gasteiger partial charge in [0.2, 0.25) is 0 Å². The van der Waals surface area contributed by atoms with E-state index in [-0.39, 0.29) is 6.42 Å². The number of rotatable bonds is 9. The van der Waals surface area contributed by atoms with Crippen molar-refractivity contribution >= 4 is 0 Å². The average Bonchev–Trinajstić information content (AvgIpc) is 3.49. The molecule has 0 radical (unpaired) electrons. The first kappa shape index (κ1) is 64.6. The first-order valence-electron chi connectivity index (χ1n) is 26.4. The summed E-state index contributed by atoms with van der Waals surface area (Å²) in [6, 6.07) is 0. The van der Waals surface area contributed by atoms with E-state index in [0.29, 0.717) is 0 Å². The Balaban J connectivity index is 1.09. The fourth-order valence-corrected chi connectivity index (χ4v) is 10.9. The van der Waals surface area contributed by atoms with Gasteiger partial charge in [0, 0.05) is 0 Å². The molecule has 35 unspecified atom stereocenters. The second-order valence-electron chi connectivity index (χ2n) is 21.1. The van der Waals surface area contributed by atoms with Crippen LogP contribution in [0.4, 0.5) is 0 Å². The van der Waals surface area contributed by atoms with Gasteiger partial charge in [-0.3, -0.25) is 0 Å². The summed E-state index contributed by atoms with van der Waals surface area (Å²) in [5.74, 6) is 0. The first-order valence-corrected chi connectivity index (χ1v) is 26.4. The standard InChI is InChI=1S/C46H78O34/c1-4-12-33-19(52)26(59)40(67-12)75-34-13(5-47)69-42(28(61)21(34)54)78-37-16(8-50)72-45(31(64)24(37)57)80-39-18(10-66-11(2)3)73-46(32(65)25(39)58)79-38-17(9-51)71-44(30(63)23(38)56)77-36-15(7-49)70-43(29(62)22(36)55)76-35-14(6-48)68-41(74-33)27(60)20(35)53/h11-65H,4-10H2,1-3H3. The maximum Gasteiger partial charge on any atom is 0.187 e. The third kappa shape index (κ3) is 13.0. The number of ether oxygens (including phenoxy) is 15. The molecule has 80 heavy (non-hydrogen) atoms. The zero-order valence-corrected chi connectivity index (χ0v) is 43.4. The molecule has 0 aromatic rings. The summed E-state index contributed by atoms with van der Waals surface area (Å²) in [5, 5.41) is 212. The van der Waals surface area contributed by atoms with Crippen LogP contribution in [0, 0.1) is 0 Å². The summed E-state index contributed by atoms with van der Waals surface area (Å²) in [5.41, 5.74) is 0. The van der Waals surface area contributed by atoms with Gasteiger partial charge in [0.25, 0.3) is 0 Å². The number of hydrogen-bond donors (Lipinski definition) is 19. The van der Waals surface area contributed by atoms with E-state index in [1.807, 2.05) is 0 Å². The molecule has 21 rings (SSSR count). The zero-order chi connectivity index (χ0) is 58.3. The lowest BCUT2D eigenvalue weighted by atomic mass is 9.94. The molecule has 0 amide bonds. The Morgan fingerprint density at radius 3 is 0.625 bits per heavy atom. The predicted octanol–water partition coefficient (Wildman–Crippen LogP) is -12.4. The van der Waals surface area contributed by atoms with Crippen molar-refractivity contribution in [2.24, 2.45) is 0 Å². The number of aliphatic hydroxyl groups excluding tert-OH is 19. The molecule has 0 saturated carbocycles. The molecule has 19 N–H and O–H groups in total. The van der Waals surface area contributed by atoms with Gasteiger partial charge in [-0.15, -0.1) is 0 Å². The number of hydrogen-bond acceptors (Lipinski definition) is 34. The highest BCUT2D eigenvalue weighted by Gasteiger charge is 2.59. The molecule has 34 nitrogen and oxygen atoms in total. The van der Waals surface area contributed by atoms with E-state index in [4.69, 9.17) is 71.1 Å². The normalized spacial score (nSPS) is 53.8. The van der Waals surface area contributed by atoms with Crippen molar-refractivity contribution in [1.29, 1.82) is 0 Å². The molecule has 0 aromatic carbocycles. The van der Waals surface area contributed by atoms with Crippen LogP contribution in [0.25, 0.3) is 0 Å². The van der Waals surface area contributed by atoms with Crippen molar-refractivity contribution < 1.29 is 168 Å². The van der Waals surface area contributed by atoms with Gasteiger partial charge in [0.15, 0.2) is 44.0 Å². The maximum absolute atomic E-state index is 11.6. The molecule has 14 bridgehead atoms. The van der Waals surface area contributed by atoms with Crippen LogP contribution in [0.5, 0.6) is 0 Å². The average molecular weight is 1180 g/mol. The van der Waals surface area contributed by atoms with Gasteiger partial charge < -0.3 is 168 Å². The molecule has 35 atom stereocenters. The van der Waals surface area contributed by atoms with Crippen LogP contribution in [-0.2, 0) is 71.1 Å². The predicted molar refractivity (Wildman–Crippen MR) is 246 cm³/mol. The Kier molecular flexibility index (Phi) is 22.3. The fraction of sp³-hybridized carbons (Fsp3) is 1.00. The summed E-state index contributed by atoms with van der Waals surface area (Å²) in [6.07, 6.45) is -67.7. The summed E-state index contributed by atoms with van der Waals surface area (Å²) in [7, 11) is 0. The van der Waals surface area contributed by atoms with Gasteiger partial charge in [-0.05, 0) is 20.3 Å². The van der Waals surface area contributed by atoms with Gasteiger partial charge in [-0.2, -0.15) is 0 Å².